The Hall–Kier alpha value is -1.82. The van der Waals surface area contributed by atoms with Crippen LogP contribution in [0, 0.1) is 6.92 Å². The van der Waals surface area contributed by atoms with Crippen molar-refractivity contribution in [3.05, 3.63) is 73.7 Å². The Balaban J connectivity index is 2.56. The van der Waals surface area contributed by atoms with Crippen LogP contribution >= 0.6 is 0 Å². The molecule has 0 nitrogen and oxygen atoms in total. The molecule has 0 spiro atoms. The molecule has 0 saturated carbocycles. The van der Waals surface area contributed by atoms with Crippen molar-refractivity contribution in [2.45, 2.75) is 6.42 Å². The van der Waals surface area contributed by atoms with Crippen LogP contribution in [0.4, 0.5) is 0 Å². The predicted molar refractivity (Wildman–Crippen MR) is 72.1 cm³/mol. The summed E-state index contributed by atoms with van der Waals surface area (Å²) >= 11 is 0. The highest BCUT2D eigenvalue weighted by Gasteiger charge is 2.00. The zero-order chi connectivity index (χ0) is 11.4. The second-order valence-electron chi connectivity index (χ2n) is 3.78. The first-order valence-electron chi connectivity index (χ1n) is 5.44. The van der Waals surface area contributed by atoms with E-state index in [1.807, 2.05) is 6.08 Å². The molecule has 0 unspecified atom stereocenters. The van der Waals surface area contributed by atoms with E-state index in [-0.39, 0.29) is 0 Å². The summed E-state index contributed by atoms with van der Waals surface area (Å²) in [5.41, 5.74) is 2.27. The lowest BCUT2D eigenvalue weighted by Gasteiger charge is -2.06. The van der Waals surface area contributed by atoms with Gasteiger partial charge in [0.25, 0.3) is 0 Å². The van der Waals surface area contributed by atoms with Crippen molar-refractivity contribution in [1.82, 2.24) is 0 Å². The minimum atomic E-state index is 0.863. The summed E-state index contributed by atoms with van der Waals surface area (Å²) in [5.74, 6) is 0. The van der Waals surface area contributed by atoms with E-state index in [9.17, 15) is 0 Å². The second kappa shape index (κ2) is 4.80. The molecule has 2 rings (SSSR count). The molecule has 2 aromatic carbocycles. The Morgan fingerprint density at radius 3 is 2.62 bits per heavy atom. The first kappa shape index (κ1) is 10.7. The summed E-state index contributed by atoms with van der Waals surface area (Å²) in [6.45, 7) is 7.83. The van der Waals surface area contributed by atoms with Crippen LogP contribution in [-0.2, 0) is 0 Å². The Bertz CT molecular complexity index is 527. The average molecular weight is 207 g/mol. The van der Waals surface area contributed by atoms with Gasteiger partial charge in [-0.25, -0.2) is 0 Å². The smallest absolute Gasteiger partial charge is 0.0109 e. The molecular weight excluding hydrogens is 192 g/mol. The third-order valence-corrected chi connectivity index (χ3v) is 2.67. The molecule has 0 bridgehead atoms. The fourth-order valence-corrected chi connectivity index (χ4v) is 1.84. The number of rotatable bonds is 3. The Morgan fingerprint density at radius 1 is 1.06 bits per heavy atom. The second-order valence-corrected chi connectivity index (χ2v) is 3.78. The molecule has 79 valence electrons. The minimum absolute atomic E-state index is 0.863. The van der Waals surface area contributed by atoms with E-state index in [0.29, 0.717) is 0 Å². The van der Waals surface area contributed by atoms with Crippen molar-refractivity contribution in [3.63, 3.8) is 0 Å². The minimum Gasteiger partial charge on any atom is -0.103 e. The molecule has 0 N–H and O–H groups in total. The molecule has 0 fully saturated rings. The van der Waals surface area contributed by atoms with Crippen LogP contribution in [0.3, 0.4) is 0 Å². The van der Waals surface area contributed by atoms with E-state index in [4.69, 9.17) is 0 Å². The van der Waals surface area contributed by atoms with Gasteiger partial charge < -0.3 is 0 Å². The van der Waals surface area contributed by atoms with Crippen LogP contribution in [0.15, 0.2) is 61.2 Å². The van der Waals surface area contributed by atoms with E-state index in [1.54, 1.807) is 0 Å². The van der Waals surface area contributed by atoms with Crippen LogP contribution in [0.2, 0.25) is 0 Å². The first-order valence-corrected chi connectivity index (χ1v) is 5.44. The van der Waals surface area contributed by atoms with E-state index < -0.39 is 0 Å². The predicted octanol–water partition coefficient (Wildman–Crippen LogP) is 4.63. The molecule has 0 aromatic heterocycles. The van der Waals surface area contributed by atoms with Crippen molar-refractivity contribution in [2.24, 2.45) is 0 Å². The van der Waals surface area contributed by atoms with Gasteiger partial charge in [-0.15, -0.1) is 6.58 Å². The Kier molecular flexibility index (Phi) is 3.21. The molecule has 0 aliphatic carbocycles. The summed E-state index contributed by atoms with van der Waals surface area (Å²) in [5, 5.41) is 2.52. The first-order chi connectivity index (χ1) is 7.83. The average Bonchev–Trinajstić information content (AvgIpc) is 2.35. The summed E-state index contributed by atoms with van der Waals surface area (Å²) < 4.78 is 0. The molecule has 0 aliphatic heterocycles. The summed E-state index contributed by atoms with van der Waals surface area (Å²) in [4.78, 5) is 0. The maximum Gasteiger partial charge on any atom is -0.0109 e. The fourth-order valence-electron chi connectivity index (χ4n) is 1.84. The van der Waals surface area contributed by atoms with Crippen molar-refractivity contribution in [1.29, 1.82) is 0 Å². The van der Waals surface area contributed by atoms with Gasteiger partial charge in [0.2, 0.25) is 0 Å². The largest absolute Gasteiger partial charge is 0.103 e. The van der Waals surface area contributed by atoms with Crippen molar-refractivity contribution in [2.75, 3.05) is 0 Å². The third kappa shape index (κ3) is 2.06. The number of fused-ring (bicyclic) bond motifs is 1. The van der Waals surface area contributed by atoms with Crippen LogP contribution in [0.1, 0.15) is 12.0 Å². The lowest BCUT2D eigenvalue weighted by atomic mass is 9.98. The van der Waals surface area contributed by atoms with Crippen molar-refractivity contribution in [3.8, 4) is 0 Å². The topological polar surface area (TPSA) is 0 Å². The Morgan fingerprint density at radius 2 is 1.81 bits per heavy atom. The van der Waals surface area contributed by atoms with E-state index in [1.165, 1.54) is 16.3 Å². The monoisotopic (exact) mass is 207 g/mol. The highest BCUT2D eigenvalue weighted by atomic mass is 14.0. The fraction of sp³-hybridized carbons (Fsp3) is 0.0625. The lowest BCUT2D eigenvalue weighted by molar-refractivity contribution is 1.41. The summed E-state index contributed by atoms with van der Waals surface area (Å²) in [6.07, 6.45) is 4.85. The maximum absolute atomic E-state index is 4.11. The molecule has 0 atom stereocenters. The molecule has 1 radical (unpaired) electrons. The Labute approximate surface area is 96.9 Å². The molecule has 16 heavy (non-hydrogen) atoms. The van der Waals surface area contributed by atoms with Crippen LogP contribution in [0.25, 0.3) is 16.3 Å². The van der Waals surface area contributed by atoms with Gasteiger partial charge in [-0.05, 0) is 35.3 Å². The van der Waals surface area contributed by atoms with Crippen molar-refractivity contribution >= 4 is 16.3 Å². The highest BCUT2D eigenvalue weighted by Crippen LogP contribution is 2.24. The van der Waals surface area contributed by atoms with Crippen molar-refractivity contribution < 1.29 is 0 Å². The zero-order valence-electron chi connectivity index (χ0n) is 9.32. The normalized spacial score (nSPS) is 11.7. The van der Waals surface area contributed by atoms with Gasteiger partial charge in [-0.1, -0.05) is 54.6 Å². The standard InChI is InChI=1S/C16H15/c1-3-4-8-13(2)15-12-7-10-14-9-5-6-11-16(14)15/h3,5-12H,1-2,4H2. The zero-order valence-corrected chi connectivity index (χ0v) is 9.32. The molecule has 0 saturated heterocycles. The molecular formula is C16H15. The van der Waals surface area contributed by atoms with E-state index >= 15 is 0 Å². The number of benzene rings is 2. The molecule has 0 amide bonds. The SMILES string of the molecule is [CH2]C(=CCC=C)c1cccc2ccccc12. The highest BCUT2D eigenvalue weighted by molar-refractivity contribution is 5.94. The van der Waals surface area contributed by atoms with Gasteiger partial charge >= 0.3 is 0 Å². The molecule has 0 heterocycles. The maximum atomic E-state index is 4.11. The third-order valence-electron chi connectivity index (χ3n) is 2.67. The summed E-state index contributed by atoms with van der Waals surface area (Å²) in [6, 6.07) is 14.7. The van der Waals surface area contributed by atoms with Gasteiger partial charge in [-0.2, -0.15) is 0 Å². The van der Waals surface area contributed by atoms with Gasteiger partial charge in [0.1, 0.15) is 0 Å². The lowest BCUT2D eigenvalue weighted by Crippen LogP contribution is -1.83. The van der Waals surface area contributed by atoms with Gasteiger partial charge in [0.05, 0.1) is 0 Å². The van der Waals surface area contributed by atoms with Gasteiger partial charge in [0, 0.05) is 0 Å². The van der Waals surface area contributed by atoms with E-state index in [2.05, 4.69) is 62.0 Å². The summed E-state index contributed by atoms with van der Waals surface area (Å²) in [7, 11) is 0. The number of hydrogen-bond donors (Lipinski definition) is 0. The molecule has 0 heteroatoms. The van der Waals surface area contributed by atoms with Gasteiger partial charge in [0.15, 0.2) is 0 Å². The van der Waals surface area contributed by atoms with Crippen LogP contribution < -0.4 is 0 Å². The number of allylic oxidation sites excluding steroid dienone is 3. The van der Waals surface area contributed by atoms with Crippen LogP contribution in [0.5, 0.6) is 0 Å². The molecule has 0 aliphatic rings. The quantitative estimate of drug-likeness (QED) is 0.643. The van der Waals surface area contributed by atoms with E-state index in [0.717, 1.165) is 12.0 Å². The van der Waals surface area contributed by atoms with Gasteiger partial charge in [-0.3, -0.25) is 0 Å². The van der Waals surface area contributed by atoms with Crippen LogP contribution in [-0.4, -0.2) is 0 Å². The number of hydrogen-bond acceptors (Lipinski definition) is 0. The molecule has 2 aromatic rings.